The maximum Gasteiger partial charge on any atom is 0.251 e. The lowest BCUT2D eigenvalue weighted by atomic mass is 10.1. The molecule has 0 bridgehead atoms. The standard InChI is InChI=1S/C13H17FN2O3.ClH/c1-19-12-3-2-8(4-10(12)14)13(18)16-6-9-5-15-7-11(9)17;/h2-4,9,11,15,17H,5-7H2,1H3,(H,16,18);1H. The molecule has 1 aromatic carbocycles. The van der Waals surface area contributed by atoms with Crippen LogP contribution in [0.25, 0.3) is 0 Å². The van der Waals surface area contributed by atoms with Gasteiger partial charge in [0, 0.05) is 31.1 Å². The van der Waals surface area contributed by atoms with Gasteiger partial charge in [0.25, 0.3) is 5.91 Å². The molecular formula is C13H18ClFN2O3. The Hall–Kier alpha value is -1.37. The maximum absolute atomic E-state index is 13.5. The average molecular weight is 305 g/mol. The molecule has 7 heteroatoms. The van der Waals surface area contributed by atoms with Crippen molar-refractivity contribution in [3.63, 3.8) is 0 Å². The van der Waals surface area contributed by atoms with Crippen molar-refractivity contribution in [2.75, 3.05) is 26.7 Å². The molecule has 1 heterocycles. The van der Waals surface area contributed by atoms with Crippen molar-refractivity contribution >= 4 is 18.3 Å². The van der Waals surface area contributed by atoms with Crippen LogP contribution >= 0.6 is 12.4 Å². The Morgan fingerprint density at radius 2 is 2.30 bits per heavy atom. The van der Waals surface area contributed by atoms with Crippen LogP contribution in [0.4, 0.5) is 4.39 Å². The summed E-state index contributed by atoms with van der Waals surface area (Å²) < 4.78 is 18.2. The molecule has 1 fully saturated rings. The van der Waals surface area contributed by atoms with E-state index in [0.29, 0.717) is 19.6 Å². The molecule has 1 amide bonds. The molecule has 2 rings (SSSR count). The lowest BCUT2D eigenvalue weighted by molar-refractivity contribution is 0.0926. The Morgan fingerprint density at radius 3 is 2.85 bits per heavy atom. The number of aliphatic hydroxyl groups is 1. The van der Waals surface area contributed by atoms with Gasteiger partial charge in [-0.05, 0) is 18.2 Å². The number of rotatable bonds is 4. The molecule has 0 spiro atoms. The van der Waals surface area contributed by atoms with Gasteiger partial charge in [0.1, 0.15) is 0 Å². The Bertz CT molecular complexity index is 473. The second-order valence-electron chi connectivity index (χ2n) is 4.55. The first-order valence-corrected chi connectivity index (χ1v) is 6.12. The third kappa shape index (κ3) is 3.82. The van der Waals surface area contributed by atoms with E-state index in [4.69, 9.17) is 4.74 Å². The van der Waals surface area contributed by atoms with Gasteiger partial charge in [-0.1, -0.05) is 0 Å². The highest BCUT2D eigenvalue weighted by Crippen LogP contribution is 2.17. The zero-order valence-corrected chi connectivity index (χ0v) is 11.9. The fourth-order valence-corrected chi connectivity index (χ4v) is 2.06. The highest BCUT2D eigenvalue weighted by molar-refractivity contribution is 5.94. The van der Waals surface area contributed by atoms with E-state index >= 15 is 0 Å². The summed E-state index contributed by atoms with van der Waals surface area (Å²) >= 11 is 0. The highest BCUT2D eigenvalue weighted by Gasteiger charge is 2.25. The van der Waals surface area contributed by atoms with Crippen LogP contribution in [0, 0.1) is 11.7 Å². The van der Waals surface area contributed by atoms with Crippen molar-refractivity contribution in [2.24, 2.45) is 5.92 Å². The first-order chi connectivity index (χ1) is 9.11. The minimum atomic E-state index is -0.572. The minimum absolute atomic E-state index is 0. The normalized spacial score (nSPS) is 21.1. The number of β-amino-alcohol motifs (C(OH)–C–C–N with tert-alkyl or cyclic N) is 1. The Balaban J connectivity index is 0.00000200. The van der Waals surface area contributed by atoms with E-state index in [0.717, 1.165) is 6.07 Å². The molecule has 1 aromatic rings. The molecule has 112 valence electrons. The van der Waals surface area contributed by atoms with Crippen molar-refractivity contribution in [2.45, 2.75) is 6.10 Å². The molecule has 0 aromatic heterocycles. The van der Waals surface area contributed by atoms with Gasteiger partial charge in [-0.3, -0.25) is 4.79 Å². The van der Waals surface area contributed by atoms with Gasteiger partial charge in [0.2, 0.25) is 0 Å². The zero-order valence-electron chi connectivity index (χ0n) is 11.1. The zero-order chi connectivity index (χ0) is 13.8. The largest absolute Gasteiger partial charge is 0.494 e. The van der Waals surface area contributed by atoms with Gasteiger partial charge >= 0.3 is 0 Å². The first kappa shape index (κ1) is 16.7. The minimum Gasteiger partial charge on any atom is -0.494 e. The summed E-state index contributed by atoms with van der Waals surface area (Å²) in [5, 5.41) is 15.3. The summed E-state index contributed by atoms with van der Waals surface area (Å²) in [7, 11) is 1.37. The fourth-order valence-electron chi connectivity index (χ4n) is 2.06. The molecule has 1 saturated heterocycles. The molecule has 3 N–H and O–H groups in total. The van der Waals surface area contributed by atoms with E-state index < -0.39 is 11.9 Å². The predicted octanol–water partition coefficient (Wildman–Crippen LogP) is 0.566. The van der Waals surface area contributed by atoms with Crippen LogP contribution in [0.3, 0.4) is 0 Å². The third-order valence-electron chi connectivity index (χ3n) is 3.24. The van der Waals surface area contributed by atoms with Gasteiger partial charge in [0.05, 0.1) is 13.2 Å². The topological polar surface area (TPSA) is 70.6 Å². The second-order valence-corrected chi connectivity index (χ2v) is 4.55. The number of carbonyl (C=O) groups is 1. The van der Waals surface area contributed by atoms with Crippen molar-refractivity contribution in [3.05, 3.63) is 29.6 Å². The number of halogens is 2. The Morgan fingerprint density at radius 1 is 1.55 bits per heavy atom. The van der Waals surface area contributed by atoms with Crippen LogP contribution in [0.2, 0.25) is 0 Å². The summed E-state index contributed by atoms with van der Waals surface area (Å²) in [4.78, 5) is 11.8. The van der Waals surface area contributed by atoms with Gasteiger partial charge in [-0.2, -0.15) is 0 Å². The van der Waals surface area contributed by atoms with Gasteiger partial charge in [-0.25, -0.2) is 4.39 Å². The summed E-state index contributed by atoms with van der Waals surface area (Å²) in [6.07, 6.45) is -0.451. The van der Waals surface area contributed by atoms with Gasteiger partial charge in [0.15, 0.2) is 11.6 Å². The van der Waals surface area contributed by atoms with E-state index in [9.17, 15) is 14.3 Å². The van der Waals surface area contributed by atoms with Crippen molar-refractivity contribution in [1.82, 2.24) is 10.6 Å². The number of methoxy groups -OCH3 is 1. The molecular weight excluding hydrogens is 287 g/mol. The smallest absolute Gasteiger partial charge is 0.251 e. The van der Waals surface area contributed by atoms with E-state index in [1.165, 1.54) is 19.2 Å². The summed E-state index contributed by atoms with van der Waals surface area (Å²) in [5.41, 5.74) is 0.235. The molecule has 0 aliphatic carbocycles. The van der Waals surface area contributed by atoms with Crippen LogP contribution in [0.5, 0.6) is 5.75 Å². The summed E-state index contributed by atoms with van der Waals surface area (Å²) in [6, 6.07) is 4.05. The second kappa shape index (κ2) is 7.42. The number of nitrogens with one attached hydrogen (secondary N) is 2. The molecule has 1 aliphatic heterocycles. The molecule has 5 nitrogen and oxygen atoms in total. The van der Waals surface area contributed by atoms with E-state index in [-0.39, 0.29) is 35.5 Å². The average Bonchev–Trinajstić information content (AvgIpc) is 2.81. The maximum atomic E-state index is 13.5. The monoisotopic (exact) mass is 304 g/mol. The number of ether oxygens (including phenoxy) is 1. The number of hydrogen-bond acceptors (Lipinski definition) is 4. The Kier molecular flexibility index (Phi) is 6.19. The fraction of sp³-hybridized carbons (Fsp3) is 0.462. The highest BCUT2D eigenvalue weighted by atomic mass is 35.5. The summed E-state index contributed by atoms with van der Waals surface area (Å²) in [6.45, 7) is 1.57. The van der Waals surface area contributed by atoms with Crippen molar-refractivity contribution in [3.8, 4) is 5.75 Å². The number of hydrogen-bond donors (Lipinski definition) is 3. The van der Waals surface area contributed by atoms with Crippen molar-refractivity contribution in [1.29, 1.82) is 0 Å². The molecule has 0 saturated carbocycles. The number of aliphatic hydroxyl groups excluding tert-OH is 1. The Labute approximate surface area is 122 Å². The molecule has 1 aliphatic rings. The predicted molar refractivity (Wildman–Crippen MR) is 74.9 cm³/mol. The van der Waals surface area contributed by atoms with E-state index in [2.05, 4.69) is 10.6 Å². The van der Waals surface area contributed by atoms with E-state index in [1.807, 2.05) is 0 Å². The quantitative estimate of drug-likeness (QED) is 0.760. The molecule has 20 heavy (non-hydrogen) atoms. The first-order valence-electron chi connectivity index (χ1n) is 6.12. The third-order valence-corrected chi connectivity index (χ3v) is 3.24. The number of benzene rings is 1. The SMILES string of the molecule is COc1ccc(C(=O)NCC2CNCC2O)cc1F.Cl. The summed E-state index contributed by atoms with van der Waals surface area (Å²) in [5.74, 6) is -0.836. The van der Waals surface area contributed by atoms with E-state index in [1.54, 1.807) is 0 Å². The number of amides is 1. The van der Waals surface area contributed by atoms with Crippen LogP contribution in [0.15, 0.2) is 18.2 Å². The lowest BCUT2D eigenvalue weighted by Gasteiger charge is -2.14. The molecule has 2 unspecified atom stereocenters. The lowest BCUT2D eigenvalue weighted by Crippen LogP contribution is -2.34. The van der Waals surface area contributed by atoms with Gasteiger partial charge < -0.3 is 20.5 Å². The van der Waals surface area contributed by atoms with Crippen LogP contribution < -0.4 is 15.4 Å². The van der Waals surface area contributed by atoms with Gasteiger partial charge in [-0.15, -0.1) is 12.4 Å². The molecule has 0 radical (unpaired) electrons. The van der Waals surface area contributed by atoms with Crippen LogP contribution in [-0.4, -0.2) is 43.9 Å². The number of carbonyl (C=O) groups excluding carboxylic acids is 1. The van der Waals surface area contributed by atoms with Crippen LogP contribution in [-0.2, 0) is 0 Å². The molecule has 2 atom stereocenters. The van der Waals surface area contributed by atoms with Crippen LogP contribution in [0.1, 0.15) is 10.4 Å². The van der Waals surface area contributed by atoms with Crippen molar-refractivity contribution < 1.29 is 19.0 Å².